The maximum absolute atomic E-state index is 12.8. The number of amides is 2. The summed E-state index contributed by atoms with van der Waals surface area (Å²) in [6.07, 6.45) is 3.21. The minimum Gasteiger partial charge on any atom is -0.479 e. The van der Waals surface area contributed by atoms with Crippen LogP contribution in [-0.2, 0) is 16.1 Å². The molecule has 1 atom stereocenters. The second-order valence-electron chi connectivity index (χ2n) is 6.55. The summed E-state index contributed by atoms with van der Waals surface area (Å²) in [6.45, 7) is 2.69. The minimum absolute atomic E-state index is 0.108. The van der Waals surface area contributed by atoms with Gasteiger partial charge in [-0.1, -0.05) is 18.2 Å². The molecule has 0 N–H and O–H groups in total. The van der Waals surface area contributed by atoms with Crippen LogP contribution in [0.25, 0.3) is 0 Å². The summed E-state index contributed by atoms with van der Waals surface area (Å²) in [5.41, 5.74) is 1.57. The van der Waals surface area contributed by atoms with Crippen molar-refractivity contribution in [3.63, 3.8) is 0 Å². The van der Waals surface area contributed by atoms with Crippen LogP contribution in [0.4, 0.5) is 5.69 Å². The summed E-state index contributed by atoms with van der Waals surface area (Å²) in [6, 6.07) is 13.1. The molecule has 0 bridgehead atoms. The monoisotopic (exact) mass is 378 g/mol. The number of aromatic nitrogens is 1. The number of fused-ring (bicyclic) bond motifs is 1. The zero-order valence-corrected chi connectivity index (χ0v) is 15.7. The van der Waals surface area contributed by atoms with Gasteiger partial charge >= 0.3 is 0 Å². The summed E-state index contributed by atoms with van der Waals surface area (Å²) in [7, 11) is 0. The first kappa shape index (κ1) is 19.4. The molecular formula is C21H22N4O3. The quantitative estimate of drug-likeness (QED) is 0.739. The number of carbonyl (C=O) groups excluding carboxylic acids is 2. The maximum Gasteiger partial charge on any atom is 0.267 e. The van der Waals surface area contributed by atoms with Gasteiger partial charge < -0.3 is 14.5 Å². The average Bonchev–Trinajstić information content (AvgIpc) is 2.72. The van der Waals surface area contributed by atoms with E-state index >= 15 is 0 Å². The minimum atomic E-state index is -0.588. The molecule has 2 aromatic rings. The van der Waals surface area contributed by atoms with Crippen molar-refractivity contribution in [3.05, 3.63) is 54.4 Å². The maximum atomic E-state index is 12.8. The van der Waals surface area contributed by atoms with E-state index in [-0.39, 0.29) is 31.2 Å². The number of anilines is 1. The van der Waals surface area contributed by atoms with Crippen LogP contribution in [0.1, 0.15) is 25.3 Å². The number of hydrogen-bond acceptors (Lipinski definition) is 5. The van der Waals surface area contributed by atoms with Crippen LogP contribution < -0.4 is 9.64 Å². The number of rotatable bonds is 7. The topological polar surface area (TPSA) is 86.5 Å². The second kappa shape index (κ2) is 9.00. The van der Waals surface area contributed by atoms with Crippen molar-refractivity contribution in [3.8, 4) is 11.8 Å². The molecule has 0 fully saturated rings. The Hall–Kier alpha value is -3.40. The number of carbonyl (C=O) groups is 2. The predicted octanol–water partition coefficient (Wildman–Crippen LogP) is 2.53. The van der Waals surface area contributed by atoms with Crippen LogP contribution in [0.2, 0.25) is 0 Å². The van der Waals surface area contributed by atoms with E-state index in [2.05, 4.69) is 11.1 Å². The van der Waals surface area contributed by atoms with Gasteiger partial charge in [-0.15, -0.1) is 0 Å². The molecule has 2 amide bonds. The van der Waals surface area contributed by atoms with Gasteiger partial charge in [-0.2, -0.15) is 5.26 Å². The van der Waals surface area contributed by atoms with Gasteiger partial charge in [0.2, 0.25) is 5.91 Å². The van der Waals surface area contributed by atoms with Crippen LogP contribution >= 0.6 is 0 Å². The lowest BCUT2D eigenvalue weighted by atomic mass is 10.1. The Morgan fingerprint density at radius 3 is 2.89 bits per heavy atom. The van der Waals surface area contributed by atoms with Gasteiger partial charge in [0.15, 0.2) is 6.10 Å². The molecule has 144 valence electrons. The molecule has 0 aliphatic carbocycles. The Balaban J connectivity index is 1.70. The van der Waals surface area contributed by atoms with E-state index in [1.54, 1.807) is 29.1 Å². The van der Waals surface area contributed by atoms with Crippen molar-refractivity contribution in [2.24, 2.45) is 0 Å². The molecule has 1 aliphatic heterocycles. The fourth-order valence-electron chi connectivity index (χ4n) is 3.14. The van der Waals surface area contributed by atoms with Crippen LogP contribution in [0, 0.1) is 11.3 Å². The molecule has 1 aliphatic rings. The molecule has 1 aromatic carbocycles. The van der Waals surface area contributed by atoms with Gasteiger partial charge in [-0.3, -0.25) is 14.6 Å². The van der Waals surface area contributed by atoms with Crippen LogP contribution in [0.3, 0.4) is 0 Å². The Labute approximate surface area is 164 Å². The third kappa shape index (κ3) is 4.46. The summed E-state index contributed by atoms with van der Waals surface area (Å²) in [5, 5.41) is 8.90. The van der Waals surface area contributed by atoms with E-state index < -0.39 is 6.10 Å². The Bertz CT molecular complexity index is 879. The summed E-state index contributed by atoms with van der Waals surface area (Å²) in [5.74, 6) is 0.365. The van der Waals surface area contributed by atoms with Gasteiger partial charge in [-0.25, -0.2) is 0 Å². The van der Waals surface area contributed by atoms with Crippen molar-refractivity contribution >= 4 is 17.5 Å². The van der Waals surface area contributed by atoms with E-state index in [1.807, 2.05) is 36.4 Å². The second-order valence-corrected chi connectivity index (χ2v) is 6.55. The van der Waals surface area contributed by atoms with E-state index in [1.165, 1.54) is 0 Å². The first-order chi connectivity index (χ1) is 13.6. The van der Waals surface area contributed by atoms with Crippen molar-refractivity contribution < 1.29 is 14.3 Å². The van der Waals surface area contributed by atoms with Crippen LogP contribution in [-0.4, -0.2) is 40.9 Å². The highest BCUT2D eigenvalue weighted by Crippen LogP contribution is 2.33. The molecule has 7 nitrogen and oxygen atoms in total. The average molecular weight is 378 g/mol. The number of nitriles is 1. The third-order valence-corrected chi connectivity index (χ3v) is 4.57. The molecule has 0 saturated carbocycles. The lowest BCUT2D eigenvalue weighted by molar-refractivity contribution is -0.131. The first-order valence-electron chi connectivity index (χ1n) is 9.21. The Kier molecular flexibility index (Phi) is 6.22. The number of hydrogen-bond donors (Lipinski definition) is 0. The van der Waals surface area contributed by atoms with E-state index in [9.17, 15) is 9.59 Å². The predicted molar refractivity (Wildman–Crippen MR) is 103 cm³/mol. The summed E-state index contributed by atoms with van der Waals surface area (Å²) < 4.78 is 5.63. The zero-order valence-electron chi connectivity index (χ0n) is 15.7. The number of ether oxygens (including phenoxy) is 1. The standard InChI is InChI=1S/C21H22N4O3/c1-16-21(27)25(18-7-2-3-8-19(18)28-16)13-9-20(26)24(12-5-10-22)15-17-6-4-11-23-14-17/h2-4,6-8,11,14,16H,5,9,12-13,15H2,1H3. The molecule has 2 heterocycles. The fourth-order valence-corrected chi connectivity index (χ4v) is 3.14. The molecule has 1 unspecified atom stereocenters. The highest BCUT2D eigenvalue weighted by molar-refractivity contribution is 6.00. The number of benzene rings is 1. The molecule has 0 radical (unpaired) electrons. The summed E-state index contributed by atoms with van der Waals surface area (Å²) >= 11 is 0. The molecule has 1 aromatic heterocycles. The SMILES string of the molecule is CC1Oc2ccccc2N(CCC(=O)N(CCC#N)Cc2cccnc2)C1=O. The van der Waals surface area contributed by atoms with Gasteiger partial charge in [-0.05, 0) is 30.7 Å². The van der Waals surface area contributed by atoms with Crippen molar-refractivity contribution in [2.45, 2.75) is 32.4 Å². The Morgan fingerprint density at radius 2 is 2.14 bits per heavy atom. The number of pyridine rings is 1. The number of para-hydroxylation sites is 2. The highest BCUT2D eigenvalue weighted by Gasteiger charge is 2.31. The molecule has 3 rings (SSSR count). The largest absolute Gasteiger partial charge is 0.479 e. The number of nitrogens with zero attached hydrogens (tertiary/aromatic N) is 4. The van der Waals surface area contributed by atoms with E-state index in [4.69, 9.17) is 10.00 Å². The van der Waals surface area contributed by atoms with Gasteiger partial charge in [0.1, 0.15) is 5.75 Å². The van der Waals surface area contributed by atoms with E-state index in [0.29, 0.717) is 24.5 Å². The zero-order chi connectivity index (χ0) is 19.9. The van der Waals surface area contributed by atoms with Crippen molar-refractivity contribution in [1.29, 1.82) is 5.26 Å². The normalized spacial score (nSPS) is 15.4. The smallest absolute Gasteiger partial charge is 0.267 e. The van der Waals surface area contributed by atoms with Gasteiger partial charge in [0, 0.05) is 38.4 Å². The van der Waals surface area contributed by atoms with E-state index in [0.717, 1.165) is 5.56 Å². The van der Waals surface area contributed by atoms with Crippen molar-refractivity contribution in [2.75, 3.05) is 18.0 Å². The van der Waals surface area contributed by atoms with Crippen molar-refractivity contribution in [1.82, 2.24) is 9.88 Å². The third-order valence-electron chi connectivity index (χ3n) is 4.57. The summed E-state index contributed by atoms with van der Waals surface area (Å²) in [4.78, 5) is 32.7. The highest BCUT2D eigenvalue weighted by atomic mass is 16.5. The lowest BCUT2D eigenvalue weighted by Gasteiger charge is -2.33. The first-order valence-corrected chi connectivity index (χ1v) is 9.21. The van der Waals surface area contributed by atoms with Crippen LogP contribution in [0.5, 0.6) is 5.75 Å². The molecular weight excluding hydrogens is 356 g/mol. The molecule has 0 spiro atoms. The van der Waals surface area contributed by atoms with Gasteiger partial charge in [0.25, 0.3) is 5.91 Å². The van der Waals surface area contributed by atoms with Crippen LogP contribution in [0.15, 0.2) is 48.8 Å². The van der Waals surface area contributed by atoms with Gasteiger partial charge in [0.05, 0.1) is 18.2 Å². The molecule has 7 heteroatoms. The Morgan fingerprint density at radius 1 is 1.32 bits per heavy atom. The molecule has 28 heavy (non-hydrogen) atoms. The fraction of sp³-hybridized carbons (Fsp3) is 0.333. The lowest BCUT2D eigenvalue weighted by Crippen LogP contribution is -2.46. The molecule has 0 saturated heterocycles.